The Labute approximate surface area is 99.5 Å². The highest BCUT2D eigenvalue weighted by Crippen LogP contribution is 2.31. The van der Waals surface area contributed by atoms with Crippen molar-refractivity contribution >= 4 is 22.9 Å². The molecular weight excluding hydrogens is 216 g/mol. The summed E-state index contributed by atoms with van der Waals surface area (Å²) in [6, 6.07) is 0. The number of fused-ring (bicyclic) bond motifs is 1. The maximum Gasteiger partial charge on any atom is 0.224 e. The summed E-state index contributed by atoms with van der Waals surface area (Å²) in [6.45, 7) is 0.930. The smallest absolute Gasteiger partial charge is 0.224 e. The first-order chi connectivity index (χ1) is 8.15. The topological polar surface area (TPSA) is 72.9 Å². The van der Waals surface area contributed by atoms with E-state index in [-0.39, 0.29) is 0 Å². The summed E-state index contributed by atoms with van der Waals surface area (Å²) in [5.74, 6) is 1.72. The van der Waals surface area contributed by atoms with Gasteiger partial charge in [0.25, 0.3) is 0 Å². The van der Waals surface area contributed by atoms with E-state index in [0.29, 0.717) is 11.9 Å². The second-order valence-corrected chi connectivity index (χ2v) is 4.60. The number of imidazole rings is 1. The summed E-state index contributed by atoms with van der Waals surface area (Å²) in [5, 5.41) is 0. The van der Waals surface area contributed by atoms with Gasteiger partial charge in [-0.25, -0.2) is 4.98 Å². The molecule has 1 atom stereocenters. The van der Waals surface area contributed by atoms with Crippen LogP contribution < -0.4 is 10.6 Å². The number of hydrogen-bond donors (Lipinski definition) is 1. The quantitative estimate of drug-likeness (QED) is 0.841. The second-order valence-electron chi connectivity index (χ2n) is 4.60. The maximum absolute atomic E-state index is 5.74. The molecule has 0 saturated heterocycles. The van der Waals surface area contributed by atoms with Gasteiger partial charge in [-0.15, -0.1) is 0 Å². The number of nitrogens with two attached hydrogens (primary N) is 1. The van der Waals surface area contributed by atoms with Gasteiger partial charge in [-0.3, -0.25) is 0 Å². The molecule has 6 heteroatoms. The van der Waals surface area contributed by atoms with Gasteiger partial charge >= 0.3 is 0 Å². The molecule has 1 saturated carbocycles. The summed E-state index contributed by atoms with van der Waals surface area (Å²) < 4.78 is 2.05. The Kier molecular flexibility index (Phi) is 2.17. The highest BCUT2D eigenvalue weighted by molar-refractivity contribution is 5.84. The van der Waals surface area contributed by atoms with E-state index in [1.54, 1.807) is 0 Å². The first-order valence-corrected chi connectivity index (χ1v) is 5.64. The SMILES string of the molecule is CN(C)c1nc(N)nc2c1ncn2CC1[CH]C1. The van der Waals surface area contributed by atoms with Crippen LogP contribution in [0.5, 0.6) is 0 Å². The predicted molar refractivity (Wildman–Crippen MR) is 66.5 cm³/mol. The molecule has 1 fully saturated rings. The summed E-state index contributed by atoms with van der Waals surface area (Å²) in [5.41, 5.74) is 7.37. The van der Waals surface area contributed by atoms with E-state index >= 15 is 0 Å². The molecule has 0 aromatic carbocycles. The molecule has 1 aliphatic carbocycles. The number of nitrogens with zero attached hydrogens (tertiary/aromatic N) is 5. The van der Waals surface area contributed by atoms with Gasteiger partial charge in [0, 0.05) is 20.6 Å². The van der Waals surface area contributed by atoms with Crippen molar-refractivity contribution in [1.82, 2.24) is 19.5 Å². The minimum absolute atomic E-state index is 0.294. The second kappa shape index (κ2) is 3.58. The average Bonchev–Trinajstić information content (AvgIpc) is 3.00. The van der Waals surface area contributed by atoms with Gasteiger partial charge in [0.05, 0.1) is 6.33 Å². The molecule has 0 spiro atoms. The van der Waals surface area contributed by atoms with Gasteiger partial charge < -0.3 is 15.2 Å². The van der Waals surface area contributed by atoms with Crippen molar-refractivity contribution in [2.75, 3.05) is 24.7 Å². The molecule has 6 nitrogen and oxygen atoms in total. The van der Waals surface area contributed by atoms with Crippen LogP contribution in [-0.4, -0.2) is 33.6 Å². The van der Waals surface area contributed by atoms with Crippen LogP contribution in [0.2, 0.25) is 0 Å². The van der Waals surface area contributed by atoms with Crippen LogP contribution in [0.1, 0.15) is 6.42 Å². The molecule has 2 N–H and O–H groups in total. The Morgan fingerprint density at radius 1 is 1.47 bits per heavy atom. The molecule has 0 amide bonds. The third-order valence-electron chi connectivity index (χ3n) is 2.89. The fraction of sp³-hybridized carbons (Fsp3) is 0.455. The normalized spacial score (nSPS) is 15.4. The lowest BCUT2D eigenvalue weighted by molar-refractivity contribution is 0.653. The van der Waals surface area contributed by atoms with E-state index in [1.165, 1.54) is 6.42 Å². The van der Waals surface area contributed by atoms with Gasteiger partial charge in [-0.05, 0) is 18.8 Å². The zero-order valence-electron chi connectivity index (χ0n) is 9.96. The van der Waals surface area contributed by atoms with E-state index in [2.05, 4.69) is 25.9 Å². The van der Waals surface area contributed by atoms with Crippen molar-refractivity contribution in [2.45, 2.75) is 13.0 Å². The highest BCUT2D eigenvalue weighted by atomic mass is 15.2. The largest absolute Gasteiger partial charge is 0.368 e. The van der Waals surface area contributed by atoms with E-state index in [4.69, 9.17) is 5.73 Å². The van der Waals surface area contributed by atoms with Crippen molar-refractivity contribution in [3.05, 3.63) is 12.7 Å². The fourth-order valence-electron chi connectivity index (χ4n) is 1.89. The van der Waals surface area contributed by atoms with E-state index in [0.717, 1.165) is 23.5 Å². The fourth-order valence-corrected chi connectivity index (χ4v) is 1.89. The summed E-state index contributed by atoms with van der Waals surface area (Å²) in [4.78, 5) is 14.8. The van der Waals surface area contributed by atoms with Crippen molar-refractivity contribution in [1.29, 1.82) is 0 Å². The monoisotopic (exact) mass is 231 g/mol. The number of anilines is 2. The Hall–Kier alpha value is -1.85. The zero-order chi connectivity index (χ0) is 12.0. The van der Waals surface area contributed by atoms with Crippen LogP contribution in [0.3, 0.4) is 0 Å². The van der Waals surface area contributed by atoms with Crippen LogP contribution >= 0.6 is 0 Å². The predicted octanol–water partition coefficient (Wildman–Crippen LogP) is 0.699. The van der Waals surface area contributed by atoms with E-state index < -0.39 is 0 Å². The molecular formula is C11H15N6. The Balaban J connectivity index is 2.13. The number of rotatable bonds is 3. The lowest BCUT2D eigenvalue weighted by atomic mass is 10.4. The van der Waals surface area contributed by atoms with Crippen molar-refractivity contribution in [3.8, 4) is 0 Å². The lowest BCUT2D eigenvalue weighted by Gasteiger charge is -2.12. The van der Waals surface area contributed by atoms with Crippen LogP contribution in [-0.2, 0) is 6.54 Å². The Bertz CT molecular complexity index is 554. The first-order valence-electron chi connectivity index (χ1n) is 5.64. The van der Waals surface area contributed by atoms with Gasteiger partial charge in [0.15, 0.2) is 17.0 Å². The van der Waals surface area contributed by atoms with E-state index in [1.807, 2.05) is 25.3 Å². The standard InChI is InChI=1S/C11H15N6/c1-16(2)9-8-10(15-11(12)14-9)17(6-13-8)5-7-3-4-7/h3,6-7H,4-5H2,1-2H3,(H2,12,14,15). The summed E-state index contributed by atoms with van der Waals surface area (Å²) in [6.07, 6.45) is 5.28. The lowest BCUT2D eigenvalue weighted by Crippen LogP contribution is -2.13. The first kappa shape index (κ1) is 10.3. The Morgan fingerprint density at radius 2 is 2.24 bits per heavy atom. The maximum atomic E-state index is 5.74. The minimum Gasteiger partial charge on any atom is -0.368 e. The van der Waals surface area contributed by atoms with Gasteiger partial charge in [0.1, 0.15) is 0 Å². The molecule has 3 rings (SSSR count). The minimum atomic E-state index is 0.294. The molecule has 2 aromatic heterocycles. The summed E-state index contributed by atoms with van der Waals surface area (Å²) in [7, 11) is 3.85. The number of aromatic nitrogens is 4. The van der Waals surface area contributed by atoms with Gasteiger partial charge in [-0.2, -0.15) is 9.97 Å². The highest BCUT2D eigenvalue weighted by Gasteiger charge is 2.24. The molecule has 89 valence electrons. The van der Waals surface area contributed by atoms with Gasteiger partial charge in [0.2, 0.25) is 5.95 Å². The van der Waals surface area contributed by atoms with E-state index in [9.17, 15) is 0 Å². The summed E-state index contributed by atoms with van der Waals surface area (Å²) >= 11 is 0. The van der Waals surface area contributed by atoms with Crippen LogP contribution in [0.4, 0.5) is 11.8 Å². The zero-order valence-corrected chi connectivity index (χ0v) is 9.96. The third-order valence-corrected chi connectivity index (χ3v) is 2.89. The van der Waals surface area contributed by atoms with Crippen LogP contribution in [0.15, 0.2) is 6.33 Å². The molecule has 0 aliphatic heterocycles. The van der Waals surface area contributed by atoms with Crippen LogP contribution in [0.25, 0.3) is 11.2 Å². The number of nitrogen functional groups attached to an aromatic ring is 1. The molecule has 17 heavy (non-hydrogen) atoms. The van der Waals surface area contributed by atoms with Crippen molar-refractivity contribution in [2.24, 2.45) is 5.92 Å². The molecule has 0 bridgehead atoms. The van der Waals surface area contributed by atoms with Crippen LogP contribution in [0, 0.1) is 12.3 Å². The molecule has 1 radical (unpaired) electrons. The van der Waals surface area contributed by atoms with Crippen molar-refractivity contribution < 1.29 is 0 Å². The number of hydrogen-bond acceptors (Lipinski definition) is 5. The molecule has 2 aromatic rings. The molecule has 2 heterocycles. The Morgan fingerprint density at radius 3 is 2.88 bits per heavy atom. The molecule has 1 unspecified atom stereocenters. The third kappa shape index (κ3) is 1.79. The average molecular weight is 231 g/mol. The van der Waals surface area contributed by atoms with Gasteiger partial charge in [-0.1, -0.05) is 0 Å². The van der Waals surface area contributed by atoms with Crippen molar-refractivity contribution in [3.63, 3.8) is 0 Å². The molecule has 1 aliphatic rings.